The molecule has 4 rings (SSSR count). The molecule has 0 aliphatic carbocycles. The molecule has 7 heteroatoms. The van der Waals surface area contributed by atoms with Crippen LogP contribution in [-0.2, 0) is 16.6 Å². The first-order valence-electron chi connectivity index (χ1n) is 10.1. The second-order valence-corrected chi connectivity index (χ2v) is 9.01. The molecule has 0 saturated carbocycles. The number of carboxylic acids is 1. The molecule has 164 valence electrons. The molecule has 0 saturated heterocycles. The highest BCUT2D eigenvalue weighted by molar-refractivity contribution is 7.89. The summed E-state index contributed by atoms with van der Waals surface area (Å²) in [6.45, 7) is 0.0442. The first-order chi connectivity index (χ1) is 16.0. The molecule has 0 aliphatic rings. The van der Waals surface area contributed by atoms with Gasteiger partial charge in [-0.2, -0.15) is 0 Å². The van der Waals surface area contributed by atoms with Crippen molar-refractivity contribution in [2.75, 3.05) is 0 Å². The lowest BCUT2D eigenvalue weighted by atomic mass is 10.1. The van der Waals surface area contributed by atoms with Crippen LogP contribution in [0.15, 0.2) is 108 Å². The maximum atomic E-state index is 13.4. The molecule has 1 N–H and O–H groups in total. The lowest BCUT2D eigenvalue weighted by molar-refractivity contribution is 0.0697. The lowest BCUT2D eigenvalue weighted by Gasteiger charge is -2.18. The summed E-state index contributed by atoms with van der Waals surface area (Å²) in [6, 6.07) is 28.3. The SMILES string of the molecule is O=C(O)c1cccc(C#CN(Cc2ccccc2)S(=O)(=O)c2ccccc2)c1-n1cccc1. The Labute approximate surface area is 192 Å². The third-order valence-electron chi connectivity index (χ3n) is 4.94. The van der Waals surface area contributed by atoms with E-state index in [0.717, 1.165) is 9.87 Å². The molecule has 0 bridgehead atoms. The molecule has 4 aromatic rings. The smallest absolute Gasteiger partial charge is 0.337 e. The number of aromatic nitrogens is 1. The quantitative estimate of drug-likeness (QED) is 0.345. The van der Waals surface area contributed by atoms with Crippen LogP contribution in [0.25, 0.3) is 5.69 Å². The standard InChI is InChI=1S/C26H20N2O4S/c29-26(30)24-15-9-12-22(25(24)27-17-7-8-18-27)16-19-28(20-21-10-3-1-4-11-21)33(31,32)23-13-5-2-6-14-23/h1-15,17-18H,20H2,(H,29,30). The first kappa shape index (κ1) is 21.9. The molecule has 0 radical (unpaired) electrons. The van der Waals surface area contributed by atoms with Crippen LogP contribution in [0.3, 0.4) is 0 Å². The van der Waals surface area contributed by atoms with Crippen molar-refractivity contribution in [2.45, 2.75) is 11.4 Å². The van der Waals surface area contributed by atoms with Gasteiger partial charge in [0.1, 0.15) is 0 Å². The zero-order valence-electron chi connectivity index (χ0n) is 17.5. The zero-order chi connectivity index (χ0) is 23.3. The van der Waals surface area contributed by atoms with Crippen LogP contribution in [0.5, 0.6) is 0 Å². The summed E-state index contributed by atoms with van der Waals surface area (Å²) in [7, 11) is -3.93. The van der Waals surface area contributed by atoms with E-state index in [1.165, 1.54) is 18.2 Å². The molecule has 1 heterocycles. The fourth-order valence-corrected chi connectivity index (χ4v) is 4.60. The Hall–Kier alpha value is -4.28. The molecule has 6 nitrogen and oxygen atoms in total. The van der Waals surface area contributed by atoms with Crippen LogP contribution in [0, 0.1) is 12.0 Å². The average molecular weight is 457 g/mol. The van der Waals surface area contributed by atoms with Crippen LogP contribution in [0.4, 0.5) is 0 Å². The van der Waals surface area contributed by atoms with Crippen molar-refractivity contribution in [3.05, 3.63) is 120 Å². The number of rotatable bonds is 6. The van der Waals surface area contributed by atoms with E-state index in [9.17, 15) is 18.3 Å². The fraction of sp³-hybridized carbons (Fsp3) is 0.0385. The highest BCUT2D eigenvalue weighted by atomic mass is 32.2. The summed E-state index contributed by atoms with van der Waals surface area (Å²) in [4.78, 5) is 12.0. The molecule has 0 fully saturated rings. The number of sulfonamides is 1. The fourth-order valence-electron chi connectivity index (χ4n) is 3.35. The van der Waals surface area contributed by atoms with Gasteiger partial charge in [-0.25, -0.2) is 17.5 Å². The van der Waals surface area contributed by atoms with E-state index in [0.29, 0.717) is 11.3 Å². The van der Waals surface area contributed by atoms with Gasteiger partial charge in [-0.3, -0.25) is 0 Å². The summed E-state index contributed by atoms with van der Waals surface area (Å²) in [6.07, 6.45) is 3.44. The molecule has 3 aromatic carbocycles. The third kappa shape index (κ3) is 4.81. The predicted molar refractivity (Wildman–Crippen MR) is 125 cm³/mol. The van der Waals surface area contributed by atoms with Crippen LogP contribution >= 0.6 is 0 Å². The summed E-state index contributed by atoms with van der Waals surface area (Å²) in [5, 5.41) is 9.67. The van der Waals surface area contributed by atoms with Crippen molar-refractivity contribution in [3.8, 4) is 17.7 Å². The van der Waals surface area contributed by atoms with Crippen molar-refractivity contribution in [1.82, 2.24) is 8.87 Å². The average Bonchev–Trinajstić information content (AvgIpc) is 3.37. The molecule has 0 spiro atoms. The van der Waals surface area contributed by atoms with Crippen LogP contribution < -0.4 is 0 Å². The minimum atomic E-state index is -3.93. The monoisotopic (exact) mass is 456 g/mol. The van der Waals surface area contributed by atoms with Gasteiger partial charge in [-0.05, 0) is 47.9 Å². The van der Waals surface area contributed by atoms with Gasteiger partial charge in [0.05, 0.1) is 28.3 Å². The van der Waals surface area contributed by atoms with Crippen LogP contribution in [0.2, 0.25) is 0 Å². The largest absolute Gasteiger partial charge is 0.478 e. The highest BCUT2D eigenvalue weighted by Crippen LogP contribution is 2.21. The second kappa shape index (κ2) is 9.47. The van der Waals surface area contributed by atoms with Gasteiger partial charge >= 0.3 is 5.97 Å². The highest BCUT2D eigenvalue weighted by Gasteiger charge is 2.22. The minimum absolute atomic E-state index is 0.0442. The van der Waals surface area contributed by atoms with Crippen LogP contribution in [-0.4, -0.2) is 28.4 Å². The van der Waals surface area contributed by atoms with Crippen LogP contribution in [0.1, 0.15) is 21.5 Å². The van der Waals surface area contributed by atoms with E-state index < -0.39 is 16.0 Å². The van der Waals surface area contributed by atoms with Gasteiger partial charge in [-0.1, -0.05) is 54.6 Å². The number of carboxylic acid groups (broad SMARTS) is 1. The molecule has 0 amide bonds. The van der Waals surface area contributed by atoms with Crippen molar-refractivity contribution in [2.24, 2.45) is 0 Å². The Kier molecular flexibility index (Phi) is 6.29. The molecular weight excluding hydrogens is 436 g/mol. The summed E-state index contributed by atoms with van der Waals surface area (Å²) in [5.74, 6) is 1.81. The summed E-state index contributed by atoms with van der Waals surface area (Å²) >= 11 is 0. The van der Waals surface area contributed by atoms with Crippen molar-refractivity contribution in [1.29, 1.82) is 0 Å². The lowest BCUT2D eigenvalue weighted by Crippen LogP contribution is -2.26. The molecule has 33 heavy (non-hydrogen) atoms. The Morgan fingerprint density at radius 3 is 2.12 bits per heavy atom. The van der Waals surface area contributed by atoms with E-state index in [1.807, 2.05) is 30.3 Å². The number of aromatic carboxylic acids is 1. The Morgan fingerprint density at radius 2 is 1.48 bits per heavy atom. The maximum absolute atomic E-state index is 13.4. The van der Waals surface area contributed by atoms with Gasteiger partial charge in [0.25, 0.3) is 10.0 Å². The number of para-hydroxylation sites is 1. The van der Waals surface area contributed by atoms with E-state index in [4.69, 9.17) is 0 Å². The normalized spacial score (nSPS) is 10.8. The van der Waals surface area contributed by atoms with E-state index >= 15 is 0 Å². The number of hydrogen-bond donors (Lipinski definition) is 1. The number of benzene rings is 3. The number of hydrogen-bond acceptors (Lipinski definition) is 3. The van der Waals surface area contributed by atoms with E-state index in [2.05, 4.69) is 12.0 Å². The van der Waals surface area contributed by atoms with E-state index in [1.54, 1.807) is 59.4 Å². The maximum Gasteiger partial charge on any atom is 0.337 e. The summed E-state index contributed by atoms with van der Waals surface area (Å²) in [5.41, 5.74) is 1.61. The van der Waals surface area contributed by atoms with Gasteiger partial charge < -0.3 is 9.67 Å². The molecular formula is C26H20N2O4S. The zero-order valence-corrected chi connectivity index (χ0v) is 18.3. The Morgan fingerprint density at radius 1 is 0.848 bits per heavy atom. The van der Waals surface area contributed by atoms with Gasteiger partial charge in [0, 0.05) is 18.4 Å². The second-order valence-electron chi connectivity index (χ2n) is 7.14. The van der Waals surface area contributed by atoms with E-state index in [-0.39, 0.29) is 17.0 Å². The summed E-state index contributed by atoms with van der Waals surface area (Å²) < 4.78 is 29.5. The molecule has 1 aromatic heterocycles. The Bertz CT molecular complexity index is 1420. The molecule has 0 unspecified atom stereocenters. The van der Waals surface area contributed by atoms with Gasteiger partial charge in [0.15, 0.2) is 0 Å². The topological polar surface area (TPSA) is 79.6 Å². The molecule has 0 aliphatic heterocycles. The van der Waals surface area contributed by atoms with Crippen molar-refractivity contribution >= 4 is 16.0 Å². The molecule has 0 atom stereocenters. The number of nitrogens with zero attached hydrogens (tertiary/aromatic N) is 2. The minimum Gasteiger partial charge on any atom is -0.478 e. The van der Waals surface area contributed by atoms with Crippen molar-refractivity contribution in [3.63, 3.8) is 0 Å². The van der Waals surface area contributed by atoms with Crippen molar-refractivity contribution < 1.29 is 18.3 Å². The first-order valence-corrected chi connectivity index (χ1v) is 11.5. The Balaban J connectivity index is 1.83. The number of carbonyl (C=O) groups is 1. The van der Waals surface area contributed by atoms with Gasteiger partial charge in [0.2, 0.25) is 0 Å². The predicted octanol–water partition coefficient (Wildman–Crippen LogP) is 4.38. The van der Waals surface area contributed by atoms with Gasteiger partial charge in [-0.15, -0.1) is 0 Å². The third-order valence-corrected chi connectivity index (χ3v) is 6.61.